The van der Waals surface area contributed by atoms with Gasteiger partial charge in [0.2, 0.25) is 0 Å². The predicted molar refractivity (Wildman–Crippen MR) is 71.2 cm³/mol. The minimum Gasteiger partial charge on any atom is -0.354 e. The monoisotopic (exact) mass is 296 g/mol. The van der Waals surface area contributed by atoms with Gasteiger partial charge in [0.15, 0.2) is 0 Å². The number of anilines is 1. The molecule has 1 aromatic heterocycles. The van der Waals surface area contributed by atoms with E-state index in [1.54, 1.807) is 6.33 Å². The Bertz CT molecular complexity index is 398. The minimum atomic E-state index is 0.722. The SMILES string of the molecule is Brc1cncnc1N1CCCN2CCCC2C1. The quantitative estimate of drug-likeness (QED) is 0.792. The summed E-state index contributed by atoms with van der Waals surface area (Å²) in [6.07, 6.45) is 7.38. The molecule has 4 nitrogen and oxygen atoms in total. The Labute approximate surface area is 110 Å². The number of hydrogen-bond donors (Lipinski definition) is 0. The van der Waals surface area contributed by atoms with Gasteiger partial charge in [0.05, 0.1) is 4.47 Å². The second-order valence-electron chi connectivity index (χ2n) is 4.83. The van der Waals surface area contributed by atoms with Crippen molar-refractivity contribution in [3.8, 4) is 0 Å². The molecular weight excluding hydrogens is 280 g/mol. The van der Waals surface area contributed by atoms with Crippen LogP contribution in [-0.4, -0.2) is 47.1 Å². The molecule has 2 aliphatic heterocycles. The van der Waals surface area contributed by atoms with Gasteiger partial charge >= 0.3 is 0 Å². The van der Waals surface area contributed by atoms with Crippen molar-refractivity contribution in [1.82, 2.24) is 14.9 Å². The molecule has 0 bridgehead atoms. The first kappa shape index (κ1) is 11.4. The van der Waals surface area contributed by atoms with Crippen molar-refractivity contribution in [2.45, 2.75) is 25.3 Å². The molecule has 0 radical (unpaired) electrons. The van der Waals surface area contributed by atoms with Crippen LogP contribution in [0.15, 0.2) is 17.0 Å². The van der Waals surface area contributed by atoms with Crippen molar-refractivity contribution in [3.05, 3.63) is 17.0 Å². The molecule has 2 saturated heterocycles. The average molecular weight is 297 g/mol. The molecule has 5 heteroatoms. The van der Waals surface area contributed by atoms with Crippen LogP contribution in [0.2, 0.25) is 0 Å². The van der Waals surface area contributed by atoms with Gasteiger partial charge in [-0.1, -0.05) is 0 Å². The lowest BCUT2D eigenvalue weighted by molar-refractivity contribution is 0.273. The van der Waals surface area contributed by atoms with Gasteiger partial charge in [-0.05, 0) is 41.7 Å². The van der Waals surface area contributed by atoms with Crippen LogP contribution in [-0.2, 0) is 0 Å². The van der Waals surface area contributed by atoms with E-state index >= 15 is 0 Å². The number of nitrogens with zero attached hydrogens (tertiary/aromatic N) is 4. The highest BCUT2D eigenvalue weighted by Crippen LogP contribution is 2.27. The number of hydrogen-bond acceptors (Lipinski definition) is 4. The standard InChI is InChI=1S/C12H17BrN4/c13-11-7-14-9-15-12(11)17-6-2-5-16-4-1-3-10(16)8-17/h7,9-10H,1-6,8H2. The maximum absolute atomic E-state index is 4.41. The molecule has 0 spiro atoms. The first-order valence-corrected chi connectivity index (χ1v) is 7.08. The fraction of sp³-hybridized carbons (Fsp3) is 0.667. The molecule has 2 aliphatic rings. The van der Waals surface area contributed by atoms with E-state index in [1.807, 2.05) is 6.20 Å². The van der Waals surface area contributed by atoms with Gasteiger partial charge in [-0.15, -0.1) is 0 Å². The number of halogens is 1. The minimum absolute atomic E-state index is 0.722. The fourth-order valence-electron chi connectivity index (χ4n) is 2.94. The summed E-state index contributed by atoms with van der Waals surface area (Å²) < 4.78 is 1.01. The first-order valence-electron chi connectivity index (χ1n) is 6.29. The molecular formula is C12H17BrN4. The molecule has 1 unspecified atom stereocenters. The summed E-state index contributed by atoms with van der Waals surface area (Å²) >= 11 is 3.55. The summed E-state index contributed by atoms with van der Waals surface area (Å²) in [6, 6.07) is 0.722. The Balaban J connectivity index is 1.81. The van der Waals surface area contributed by atoms with E-state index < -0.39 is 0 Å². The van der Waals surface area contributed by atoms with Crippen LogP contribution in [0.1, 0.15) is 19.3 Å². The van der Waals surface area contributed by atoms with Crippen LogP contribution in [0.4, 0.5) is 5.82 Å². The van der Waals surface area contributed by atoms with Crippen LogP contribution >= 0.6 is 15.9 Å². The Morgan fingerprint density at radius 1 is 1.24 bits per heavy atom. The maximum atomic E-state index is 4.41. The summed E-state index contributed by atoms with van der Waals surface area (Å²) in [7, 11) is 0. The average Bonchev–Trinajstić information content (AvgIpc) is 2.68. The molecule has 0 aliphatic carbocycles. The third kappa shape index (κ3) is 2.31. The molecule has 17 heavy (non-hydrogen) atoms. The van der Waals surface area contributed by atoms with Crippen molar-refractivity contribution >= 4 is 21.7 Å². The fourth-order valence-corrected chi connectivity index (χ4v) is 3.41. The highest BCUT2D eigenvalue weighted by Gasteiger charge is 2.29. The van der Waals surface area contributed by atoms with Crippen molar-refractivity contribution in [1.29, 1.82) is 0 Å². The summed E-state index contributed by atoms with van der Waals surface area (Å²) in [5.41, 5.74) is 0. The summed E-state index contributed by atoms with van der Waals surface area (Å²) in [4.78, 5) is 13.5. The van der Waals surface area contributed by atoms with Crippen molar-refractivity contribution in [3.63, 3.8) is 0 Å². The highest BCUT2D eigenvalue weighted by atomic mass is 79.9. The zero-order chi connectivity index (χ0) is 11.7. The topological polar surface area (TPSA) is 32.3 Å². The lowest BCUT2D eigenvalue weighted by atomic mass is 10.2. The molecule has 0 aromatic carbocycles. The van der Waals surface area contributed by atoms with Gasteiger partial charge < -0.3 is 4.90 Å². The van der Waals surface area contributed by atoms with Crippen LogP contribution in [0, 0.1) is 0 Å². The molecule has 0 saturated carbocycles. The second-order valence-corrected chi connectivity index (χ2v) is 5.68. The Hall–Kier alpha value is -0.680. The zero-order valence-corrected chi connectivity index (χ0v) is 11.4. The van der Waals surface area contributed by atoms with Gasteiger partial charge in [-0.3, -0.25) is 4.90 Å². The van der Waals surface area contributed by atoms with Gasteiger partial charge in [0.1, 0.15) is 12.1 Å². The van der Waals surface area contributed by atoms with Crippen molar-refractivity contribution < 1.29 is 0 Å². The molecule has 2 fully saturated rings. The molecule has 0 amide bonds. The van der Waals surface area contributed by atoms with E-state index in [1.165, 1.54) is 32.4 Å². The van der Waals surface area contributed by atoms with E-state index in [0.717, 1.165) is 29.4 Å². The van der Waals surface area contributed by atoms with E-state index in [4.69, 9.17) is 0 Å². The molecule has 3 heterocycles. The predicted octanol–water partition coefficient (Wildman–Crippen LogP) is 1.91. The van der Waals surface area contributed by atoms with Crippen LogP contribution in [0.3, 0.4) is 0 Å². The lowest BCUT2D eigenvalue weighted by Gasteiger charge is -2.26. The maximum Gasteiger partial charge on any atom is 0.146 e. The summed E-state index contributed by atoms with van der Waals surface area (Å²) in [5.74, 6) is 1.05. The zero-order valence-electron chi connectivity index (χ0n) is 9.85. The molecule has 0 N–H and O–H groups in total. The number of fused-ring (bicyclic) bond motifs is 1. The number of aromatic nitrogens is 2. The Morgan fingerprint density at radius 2 is 2.12 bits per heavy atom. The Kier molecular flexibility index (Phi) is 3.29. The van der Waals surface area contributed by atoms with E-state index in [-0.39, 0.29) is 0 Å². The molecule has 92 valence electrons. The number of rotatable bonds is 1. The Morgan fingerprint density at radius 3 is 3.00 bits per heavy atom. The normalized spacial score (nSPS) is 25.7. The van der Waals surface area contributed by atoms with Gasteiger partial charge in [-0.25, -0.2) is 9.97 Å². The smallest absolute Gasteiger partial charge is 0.146 e. The van der Waals surface area contributed by atoms with Gasteiger partial charge in [0.25, 0.3) is 0 Å². The van der Waals surface area contributed by atoms with E-state index in [9.17, 15) is 0 Å². The second kappa shape index (κ2) is 4.90. The molecule has 1 atom stereocenters. The molecule has 3 rings (SSSR count). The van der Waals surface area contributed by atoms with E-state index in [0.29, 0.717) is 0 Å². The van der Waals surface area contributed by atoms with Crippen LogP contribution in [0.25, 0.3) is 0 Å². The summed E-state index contributed by atoms with van der Waals surface area (Å²) in [5, 5.41) is 0. The van der Waals surface area contributed by atoms with Gasteiger partial charge in [0, 0.05) is 31.9 Å². The van der Waals surface area contributed by atoms with Crippen molar-refractivity contribution in [2.75, 3.05) is 31.1 Å². The highest BCUT2D eigenvalue weighted by molar-refractivity contribution is 9.10. The van der Waals surface area contributed by atoms with E-state index in [2.05, 4.69) is 35.7 Å². The molecule has 1 aromatic rings. The largest absolute Gasteiger partial charge is 0.354 e. The third-order valence-corrected chi connectivity index (χ3v) is 4.31. The lowest BCUT2D eigenvalue weighted by Crippen LogP contribution is -2.37. The van der Waals surface area contributed by atoms with Gasteiger partial charge in [-0.2, -0.15) is 0 Å². The van der Waals surface area contributed by atoms with Crippen LogP contribution < -0.4 is 4.90 Å². The van der Waals surface area contributed by atoms with Crippen molar-refractivity contribution in [2.24, 2.45) is 0 Å². The first-order chi connectivity index (χ1) is 8.34. The van der Waals surface area contributed by atoms with Crippen LogP contribution in [0.5, 0.6) is 0 Å². The summed E-state index contributed by atoms with van der Waals surface area (Å²) in [6.45, 7) is 4.73. The third-order valence-electron chi connectivity index (χ3n) is 3.75.